The second kappa shape index (κ2) is 7.30. The molecule has 2 nitrogen and oxygen atoms in total. The van der Waals surface area contributed by atoms with Crippen molar-refractivity contribution in [1.29, 1.82) is 0 Å². The van der Waals surface area contributed by atoms with Crippen LogP contribution in [-0.2, 0) is 6.18 Å². The van der Waals surface area contributed by atoms with Crippen LogP contribution >= 0.6 is 0 Å². The van der Waals surface area contributed by atoms with Gasteiger partial charge in [0.1, 0.15) is 0 Å². The predicted octanol–water partition coefficient (Wildman–Crippen LogP) is 4.13. The molecule has 0 aliphatic carbocycles. The van der Waals surface area contributed by atoms with Crippen molar-refractivity contribution in [2.75, 3.05) is 0 Å². The Morgan fingerprint density at radius 3 is 2.29 bits per heavy atom. The Balaban J connectivity index is 1.91. The topological polar surface area (TPSA) is 30.2 Å². The molecule has 0 spiro atoms. The Morgan fingerprint density at radius 1 is 0.821 bits per heavy atom. The molecule has 1 aromatic heterocycles. The van der Waals surface area contributed by atoms with Gasteiger partial charge in [-0.05, 0) is 0 Å². The standard InChI is InChI=1S/C22H13F3O2Se/c23-22(24,25)15-9-6-10-16(13-15)28-21-19(26)17-11-4-5-12-18(17)27-20(21)14-7-2-1-3-8-14/h1-13H. The molecule has 0 aliphatic rings. The molecule has 6 heteroatoms. The van der Waals surface area contributed by atoms with Crippen LogP contribution in [0, 0.1) is 0 Å². The zero-order valence-corrected chi connectivity index (χ0v) is 16.1. The summed E-state index contributed by atoms with van der Waals surface area (Å²) in [7, 11) is 0. The summed E-state index contributed by atoms with van der Waals surface area (Å²) in [6, 6.07) is 21.1. The van der Waals surface area contributed by atoms with Gasteiger partial charge in [0.25, 0.3) is 0 Å². The van der Waals surface area contributed by atoms with Crippen LogP contribution in [0.4, 0.5) is 13.2 Å². The van der Waals surface area contributed by atoms with E-state index in [0.29, 0.717) is 31.2 Å². The van der Waals surface area contributed by atoms with E-state index in [1.165, 1.54) is 6.07 Å². The summed E-state index contributed by atoms with van der Waals surface area (Å²) < 4.78 is 46.1. The minimum atomic E-state index is -4.43. The maximum atomic E-state index is 13.1. The number of fused-ring (bicyclic) bond motifs is 1. The summed E-state index contributed by atoms with van der Waals surface area (Å²) in [4.78, 5) is 13.1. The fourth-order valence-electron chi connectivity index (χ4n) is 2.85. The summed E-state index contributed by atoms with van der Waals surface area (Å²) in [6.45, 7) is 0. The van der Waals surface area contributed by atoms with Crippen molar-refractivity contribution in [3.05, 3.63) is 94.6 Å². The van der Waals surface area contributed by atoms with Crippen LogP contribution in [-0.4, -0.2) is 15.0 Å². The zero-order valence-electron chi connectivity index (χ0n) is 14.4. The van der Waals surface area contributed by atoms with E-state index in [0.717, 1.165) is 12.1 Å². The van der Waals surface area contributed by atoms with Crippen LogP contribution in [0.1, 0.15) is 5.56 Å². The van der Waals surface area contributed by atoms with Crippen LogP contribution in [0.25, 0.3) is 22.3 Å². The number of benzene rings is 3. The molecule has 0 fully saturated rings. The van der Waals surface area contributed by atoms with E-state index in [9.17, 15) is 18.0 Å². The number of rotatable bonds is 3. The fraction of sp³-hybridized carbons (Fsp3) is 0.0455. The predicted molar refractivity (Wildman–Crippen MR) is 104 cm³/mol. The van der Waals surface area contributed by atoms with Crippen LogP contribution in [0.5, 0.6) is 0 Å². The molecule has 0 unspecified atom stereocenters. The van der Waals surface area contributed by atoms with Gasteiger partial charge in [-0.15, -0.1) is 0 Å². The first-order valence-electron chi connectivity index (χ1n) is 8.40. The molecule has 0 aliphatic heterocycles. The molecule has 0 saturated heterocycles. The van der Waals surface area contributed by atoms with Crippen molar-refractivity contribution >= 4 is 34.8 Å². The Bertz CT molecular complexity index is 1200. The van der Waals surface area contributed by atoms with Crippen molar-refractivity contribution in [3.63, 3.8) is 0 Å². The van der Waals surface area contributed by atoms with Gasteiger partial charge >= 0.3 is 165 Å². The molecule has 3 aromatic carbocycles. The number of hydrogen-bond donors (Lipinski definition) is 0. The second-order valence-corrected chi connectivity index (χ2v) is 8.35. The van der Waals surface area contributed by atoms with Gasteiger partial charge in [-0.3, -0.25) is 0 Å². The van der Waals surface area contributed by atoms with Crippen molar-refractivity contribution < 1.29 is 17.6 Å². The Labute approximate surface area is 164 Å². The van der Waals surface area contributed by atoms with Gasteiger partial charge in [0, 0.05) is 0 Å². The van der Waals surface area contributed by atoms with E-state index in [2.05, 4.69) is 0 Å². The Kier molecular flexibility index (Phi) is 4.83. The molecular weight excluding hydrogens is 432 g/mol. The molecule has 140 valence electrons. The van der Waals surface area contributed by atoms with Gasteiger partial charge in [-0.1, -0.05) is 0 Å². The molecule has 0 bridgehead atoms. The van der Waals surface area contributed by atoms with Crippen LogP contribution in [0.2, 0.25) is 0 Å². The van der Waals surface area contributed by atoms with E-state index in [1.807, 2.05) is 30.3 Å². The van der Waals surface area contributed by atoms with E-state index < -0.39 is 26.7 Å². The number of halogens is 3. The zero-order chi connectivity index (χ0) is 19.7. The van der Waals surface area contributed by atoms with Gasteiger partial charge in [0.15, 0.2) is 0 Å². The van der Waals surface area contributed by atoms with E-state index in [1.54, 1.807) is 30.3 Å². The molecule has 0 N–H and O–H groups in total. The fourth-order valence-corrected chi connectivity index (χ4v) is 5.00. The molecule has 4 rings (SSSR count). The molecule has 1 heterocycles. The summed E-state index contributed by atoms with van der Waals surface area (Å²) in [5.41, 5.74) is 0.237. The number of para-hydroxylation sites is 1. The van der Waals surface area contributed by atoms with Crippen LogP contribution in [0.3, 0.4) is 0 Å². The SMILES string of the molecule is O=c1c([Se]c2cccc(C(F)(F)F)c2)c(-c2ccccc2)oc2ccccc12. The van der Waals surface area contributed by atoms with Gasteiger partial charge in [0.2, 0.25) is 0 Å². The average molecular weight is 445 g/mol. The minimum absolute atomic E-state index is 0.210. The third-order valence-electron chi connectivity index (χ3n) is 4.17. The summed E-state index contributed by atoms with van der Waals surface area (Å²) in [5.74, 6) is 0.404. The summed E-state index contributed by atoms with van der Waals surface area (Å²) in [6.07, 6.45) is -4.43. The Morgan fingerprint density at radius 2 is 1.54 bits per heavy atom. The number of alkyl halides is 3. The van der Waals surface area contributed by atoms with E-state index in [4.69, 9.17) is 4.42 Å². The molecule has 0 atom stereocenters. The second-order valence-electron chi connectivity index (χ2n) is 6.08. The molecule has 4 aromatic rings. The van der Waals surface area contributed by atoms with E-state index in [-0.39, 0.29) is 5.43 Å². The normalized spacial score (nSPS) is 11.7. The van der Waals surface area contributed by atoms with Gasteiger partial charge in [-0.25, -0.2) is 0 Å². The molecule has 0 amide bonds. The quantitative estimate of drug-likeness (QED) is 0.444. The first kappa shape index (κ1) is 18.5. The summed E-state index contributed by atoms with van der Waals surface area (Å²) in [5, 5.41) is 0.422. The van der Waals surface area contributed by atoms with Gasteiger partial charge in [0.05, 0.1) is 0 Å². The molecule has 28 heavy (non-hydrogen) atoms. The first-order valence-corrected chi connectivity index (χ1v) is 10.1. The van der Waals surface area contributed by atoms with Crippen molar-refractivity contribution in [3.8, 4) is 11.3 Å². The molecule has 0 radical (unpaired) electrons. The third kappa shape index (κ3) is 3.61. The van der Waals surface area contributed by atoms with Crippen LogP contribution < -0.4 is 14.4 Å². The van der Waals surface area contributed by atoms with Gasteiger partial charge in [-0.2, -0.15) is 0 Å². The van der Waals surface area contributed by atoms with Crippen molar-refractivity contribution in [2.45, 2.75) is 6.18 Å². The third-order valence-corrected chi connectivity index (χ3v) is 6.41. The first-order chi connectivity index (χ1) is 13.4. The monoisotopic (exact) mass is 446 g/mol. The molecule has 0 saturated carbocycles. The summed E-state index contributed by atoms with van der Waals surface area (Å²) >= 11 is -0.656. The van der Waals surface area contributed by atoms with E-state index >= 15 is 0 Å². The maximum absolute atomic E-state index is 13.1. The Hall–Kier alpha value is -2.82. The van der Waals surface area contributed by atoms with Crippen molar-refractivity contribution in [1.82, 2.24) is 0 Å². The molecular formula is C22H13F3O2Se. The average Bonchev–Trinajstić information content (AvgIpc) is 2.70. The van der Waals surface area contributed by atoms with Gasteiger partial charge < -0.3 is 0 Å². The van der Waals surface area contributed by atoms with Crippen molar-refractivity contribution in [2.24, 2.45) is 0 Å². The number of hydrogen-bond acceptors (Lipinski definition) is 2. The van der Waals surface area contributed by atoms with Crippen LogP contribution in [0.15, 0.2) is 88.1 Å².